The van der Waals surface area contributed by atoms with Gasteiger partial charge in [0.05, 0.1) is 17.8 Å². The number of aryl methyl sites for hydroxylation is 1. The maximum Gasteiger partial charge on any atom is 0.255 e. The first-order valence-corrected chi connectivity index (χ1v) is 7.85. The van der Waals surface area contributed by atoms with Crippen molar-refractivity contribution in [2.75, 3.05) is 18.9 Å². The third-order valence-electron chi connectivity index (χ3n) is 3.56. The monoisotopic (exact) mass is 329 g/mol. The normalized spacial score (nSPS) is 14.9. The molecule has 128 valence electrons. The number of amides is 1. The highest BCUT2D eigenvalue weighted by Gasteiger charge is 2.21. The van der Waals surface area contributed by atoms with Crippen molar-refractivity contribution in [3.05, 3.63) is 29.4 Å². The second-order valence-electron chi connectivity index (χ2n) is 6.99. The summed E-state index contributed by atoms with van der Waals surface area (Å²) in [6.45, 7) is 8.41. The number of fused-ring (bicyclic) bond motifs is 1. The van der Waals surface area contributed by atoms with Gasteiger partial charge in [0.25, 0.3) is 5.91 Å². The molecule has 24 heavy (non-hydrogen) atoms. The van der Waals surface area contributed by atoms with E-state index in [1.165, 1.54) is 0 Å². The smallest absolute Gasteiger partial charge is 0.255 e. The molecule has 0 aromatic carbocycles. The average molecular weight is 329 g/mol. The van der Waals surface area contributed by atoms with Gasteiger partial charge in [0.1, 0.15) is 5.52 Å². The lowest BCUT2D eigenvalue weighted by atomic mass is 10.1. The summed E-state index contributed by atoms with van der Waals surface area (Å²) in [5.74, 6) is 0.481. The Hall–Kier alpha value is -2.61. The van der Waals surface area contributed by atoms with E-state index in [1.54, 1.807) is 6.20 Å². The molecule has 4 N–H and O–H groups in total. The van der Waals surface area contributed by atoms with Crippen LogP contribution in [0.2, 0.25) is 0 Å². The summed E-state index contributed by atoms with van der Waals surface area (Å²) in [4.78, 5) is 24.6. The number of nitrogens with zero attached hydrogens (tertiary/aromatic N) is 3. The molecular weight excluding hydrogens is 306 g/mol. The van der Waals surface area contributed by atoms with Gasteiger partial charge in [-0.3, -0.25) is 4.79 Å². The second-order valence-corrected chi connectivity index (χ2v) is 6.99. The number of rotatable bonds is 3. The van der Waals surface area contributed by atoms with Crippen molar-refractivity contribution in [2.24, 2.45) is 0 Å². The van der Waals surface area contributed by atoms with Crippen LogP contribution in [0, 0.1) is 6.92 Å². The fourth-order valence-electron chi connectivity index (χ4n) is 2.48. The van der Waals surface area contributed by atoms with Gasteiger partial charge in [-0.25, -0.2) is 15.4 Å². The topological polar surface area (TPSA) is 98.0 Å². The summed E-state index contributed by atoms with van der Waals surface area (Å²) >= 11 is 0. The van der Waals surface area contributed by atoms with Crippen molar-refractivity contribution in [1.82, 2.24) is 30.7 Å². The lowest BCUT2D eigenvalue weighted by Crippen LogP contribution is -2.40. The Labute approximate surface area is 140 Å². The summed E-state index contributed by atoms with van der Waals surface area (Å²) in [7, 11) is 1.93. The van der Waals surface area contributed by atoms with E-state index in [4.69, 9.17) is 0 Å². The number of hydrazine groups is 1. The first-order valence-electron chi connectivity index (χ1n) is 7.85. The zero-order valence-corrected chi connectivity index (χ0v) is 14.6. The number of carbonyl (C=O) groups excluding carboxylic acids is 1. The second kappa shape index (κ2) is 5.79. The number of anilines is 1. The van der Waals surface area contributed by atoms with Gasteiger partial charge in [0.15, 0.2) is 11.5 Å². The number of hydrogen-bond donors (Lipinski definition) is 4. The highest BCUT2D eigenvalue weighted by molar-refractivity contribution is 6.05. The summed E-state index contributed by atoms with van der Waals surface area (Å²) in [6, 6.07) is 0. The molecule has 3 rings (SSSR count). The summed E-state index contributed by atoms with van der Waals surface area (Å²) in [5, 5.41) is 8.10. The SMILES string of the molecule is Cc1nc2[nH]cc(C(=O)NC(C)(C)C)c2nc1NC1=CN(C)NC1. The average Bonchev–Trinajstić information content (AvgIpc) is 3.03. The Bertz CT molecular complexity index is 816. The lowest BCUT2D eigenvalue weighted by Gasteiger charge is -2.20. The zero-order valence-electron chi connectivity index (χ0n) is 14.6. The molecule has 1 aliphatic rings. The molecule has 1 amide bonds. The fourth-order valence-corrected chi connectivity index (χ4v) is 2.48. The van der Waals surface area contributed by atoms with E-state index in [-0.39, 0.29) is 11.4 Å². The lowest BCUT2D eigenvalue weighted by molar-refractivity contribution is 0.0921. The van der Waals surface area contributed by atoms with Crippen molar-refractivity contribution in [3.63, 3.8) is 0 Å². The van der Waals surface area contributed by atoms with Crippen LogP contribution in [0.4, 0.5) is 5.82 Å². The third kappa shape index (κ3) is 3.33. The maximum absolute atomic E-state index is 12.5. The van der Waals surface area contributed by atoms with Gasteiger partial charge in [-0.1, -0.05) is 0 Å². The maximum atomic E-state index is 12.5. The van der Waals surface area contributed by atoms with E-state index in [9.17, 15) is 4.79 Å². The number of aromatic amines is 1. The molecule has 0 aliphatic carbocycles. The van der Waals surface area contributed by atoms with Gasteiger partial charge in [-0.2, -0.15) is 0 Å². The van der Waals surface area contributed by atoms with E-state index < -0.39 is 0 Å². The molecule has 0 radical (unpaired) electrons. The quantitative estimate of drug-likeness (QED) is 0.681. The Morgan fingerprint density at radius 3 is 2.71 bits per heavy atom. The first kappa shape index (κ1) is 16.3. The molecule has 0 atom stereocenters. The van der Waals surface area contributed by atoms with Gasteiger partial charge < -0.3 is 20.6 Å². The molecule has 8 heteroatoms. The van der Waals surface area contributed by atoms with Crippen LogP contribution < -0.4 is 16.1 Å². The highest BCUT2D eigenvalue weighted by Crippen LogP contribution is 2.21. The minimum atomic E-state index is -0.315. The van der Waals surface area contributed by atoms with Crippen LogP contribution in [-0.4, -0.2) is 45.0 Å². The van der Waals surface area contributed by atoms with E-state index in [0.29, 0.717) is 29.1 Å². The number of aromatic nitrogens is 3. The van der Waals surface area contributed by atoms with Crippen LogP contribution in [0.5, 0.6) is 0 Å². The summed E-state index contributed by atoms with van der Waals surface area (Å²) in [6.07, 6.45) is 3.61. The molecule has 3 heterocycles. The van der Waals surface area contributed by atoms with Crippen molar-refractivity contribution < 1.29 is 4.79 Å². The highest BCUT2D eigenvalue weighted by atomic mass is 16.1. The van der Waals surface area contributed by atoms with Gasteiger partial charge in [0.2, 0.25) is 0 Å². The largest absolute Gasteiger partial charge is 0.347 e. The predicted octanol–water partition coefficient (Wildman–Crippen LogP) is 1.50. The standard InChI is InChI=1S/C16H23N7O/c1-9-13(20-10-6-18-23(5)8-10)21-12-11(7-17-14(12)19-9)15(24)22-16(2,3)4/h7-8,18H,6H2,1-5H3,(H,17,19)(H,20,21)(H,22,24). The number of hydrogen-bond acceptors (Lipinski definition) is 6. The molecule has 2 aromatic heterocycles. The molecular formula is C16H23N7O. The molecule has 0 unspecified atom stereocenters. The van der Waals surface area contributed by atoms with Crippen LogP contribution >= 0.6 is 0 Å². The number of nitrogens with one attached hydrogen (secondary N) is 4. The molecule has 8 nitrogen and oxygen atoms in total. The predicted molar refractivity (Wildman–Crippen MR) is 93.3 cm³/mol. The van der Waals surface area contributed by atoms with Crippen LogP contribution in [-0.2, 0) is 0 Å². The van der Waals surface area contributed by atoms with Crippen molar-refractivity contribution in [3.8, 4) is 0 Å². The molecule has 2 aromatic rings. The van der Waals surface area contributed by atoms with E-state index in [1.807, 2.05) is 46.0 Å². The molecule has 0 saturated heterocycles. The summed E-state index contributed by atoms with van der Waals surface area (Å²) < 4.78 is 0. The molecule has 0 spiro atoms. The Balaban J connectivity index is 1.94. The third-order valence-corrected chi connectivity index (χ3v) is 3.56. The van der Waals surface area contributed by atoms with Crippen LogP contribution in [0.15, 0.2) is 18.1 Å². The number of H-pyrrole nitrogens is 1. The van der Waals surface area contributed by atoms with Crippen molar-refractivity contribution >= 4 is 22.9 Å². The molecule has 0 bridgehead atoms. The minimum absolute atomic E-state index is 0.167. The van der Waals surface area contributed by atoms with Crippen LogP contribution in [0.3, 0.4) is 0 Å². The van der Waals surface area contributed by atoms with Gasteiger partial charge in [-0.05, 0) is 27.7 Å². The van der Waals surface area contributed by atoms with E-state index in [0.717, 1.165) is 11.4 Å². The van der Waals surface area contributed by atoms with Gasteiger partial charge in [-0.15, -0.1) is 0 Å². The molecule has 0 fully saturated rings. The Morgan fingerprint density at radius 2 is 2.08 bits per heavy atom. The summed E-state index contributed by atoms with van der Waals surface area (Å²) in [5.41, 5.74) is 6.26. The Morgan fingerprint density at radius 1 is 1.33 bits per heavy atom. The fraction of sp³-hybridized carbons (Fsp3) is 0.438. The number of carbonyl (C=O) groups is 1. The van der Waals surface area contributed by atoms with Crippen molar-refractivity contribution in [2.45, 2.75) is 33.2 Å². The van der Waals surface area contributed by atoms with Crippen molar-refractivity contribution in [1.29, 1.82) is 0 Å². The van der Waals surface area contributed by atoms with Gasteiger partial charge >= 0.3 is 0 Å². The Kier molecular flexibility index (Phi) is 3.92. The first-order chi connectivity index (χ1) is 11.2. The zero-order chi connectivity index (χ0) is 17.5. The van der Waals surface area contributed by atoms with E-state index >= 15 is 0 Å². The molecule has 1 aliphatic heterocycles. The van der Waals surface area contributed by atoms with Crippen LogP contribution in [0.25, 0.3) is 11.2 Å². The molecule has 0 saturated carbocycles. The van der Waals surface area contributed by atoms with Crippen LogP contribution in [0.1, 0.15) is 36.8 Å². The van der Waals surface area contributed by atoms with E-state index in [2.05, 4.69) is 31.0 Å². The van der Waals surface area contributed by atoms with Gasteiger partial charge in [0, 0.05) is 30.7 Å². The minimum Gasteiger partial charge on any atom is -0.347 e.